The smallest absolute Gasteiger partial charge is 0.283 e. The van der Waals surface area contributed by atoms with E-state index in [1.807, 2.05) is 30.3 Å². The lowest BCUT2D eigenvalue weighted by atomic mass is 9.98. The number of piperidine rings is 1. The van der Waals surface area contributed by atoms with E-state index in [2.05, 4.69) is 10.3 Å². The second kappa shape index (κ2) is 9.27. The highest BCUT2D eigenvalue weighted by molar-refractivity contribution is 7.89. The second-order valence-electron chi connectivity index (χ2n) is 9.25. The van der Waals surface area contributed by atoms with Crippen molar-refractivity contribution in [1.29, 1.82) is 0 Å². The molecule has 0 aliphatic carbocycles. The van der Waals surface area contributed by atoms with Gasteiger partial charge in [-0.25, -0.2) is 18.1 Å². The van der Waals surface area contributed by atoms with Crippen molar-refractivity contribution in [1.82, 2.24) is 28.9 Å². The molecule has 4 aromatic rings. The predicted molar refractivity (Wildman–Crippen MR) is 134 cm³/mol. The number of nitrogens with zero attached hydrogens (tertiary/aromatic N) is 6. The molecule has 0 N–H and O–H groups in total. The Labute approximate surface area is 213 Å². The zero-order valence-electron chi connectivity index (χ0n) is 20.3. The third-order valence-corrected chi connectivity index (χ3v) is 8.72. The molecular weight excluding hydrogens is 496 g/mol. The van der Waals surface area contributed by atoms with Crippen LogP contribution in [0.25, 0.3) is 11.2 Å². The molecule has 6 rings (SSSR count). The van der Waals surface area contributed by atoms with Crippen LogP contribution in [0.4, 0.5) is 0 Å². The van der Waals surface area contributed by atoms with Crippen molar-refractivity contribution >= 4 is 21.2 Å². The summed E-state index contributed by atoms with van der Waals surface area (Å²) < 4.78 is 42.7. The lowest BCUT2D eigenvalue weighted by molar-refractivity contribution is 0.171. The Balaban J connectivity index is 1.32. The molecule has 37 heavy (non-hydrogen) atoms. The van der Waals surface area contributed by atoms with Crippen molar-refractivity contribution in [3.8, 4) is 11.5 Å². The van der Waals surface area contributed by atoms with Crippen molar-refractivity contribution in [2.45, 2.75) is 30.2 Å². The number of benzene rings is 2. The number of hydrogen-bond donors (Lipinski definition) is 0. The van der Waals surface area contributed by atoms with Gasteiger partial charge in [-0.15, -0.1) is 5.10 Å². The van der Waals surface area contributed by atoms with Crippen molar-refractivity contribution in [2.24, 2.45) is 7.05 Å². The summed E-state index contributed by atoms with van der Waals surface area (Å²) in [6.07, 6.45) is 1.35. The van der Waals surface area contributed by atoms with Crippen LogP contribution < -0.4 is 15.0 Å². The third kappa shape index (κ3) is 4.25. The highest BCUT2D eigenvalue weighted by atomic mass is 32.2. The van der Waals surface area contributed by atoms with Crippen LogP contribution in [0.5, 0.6) is 11.5 Å². The van der Waals surface area contributed by atoms with E-state index in [1.54, 1.807) is 23.9 Å². The minimum absolute atomic E-state index is 0.153. The van der Waals surface area contributed by atoms with E-state index in [0.717, 1.165) is 5.56 Å². The average Bonchev–Trinajstić information content (AvgIpc) is 3.33. The van der Waals surface area contributed by atoms with Gasteiger partial charge in [0.2, 0.25) is 10.0 Å². The van der Waals surface area contributed by atoms with Crippen LogP contribution in [0.15, 0.2) is 58.2 Å². The van der Waals surface area contributed by atoms with E-state index < -0.39 is 10.0 Å². The maximum atomic E-state index is 13.5. The minimum atomic E-state index is -3.79. The van der Waals surface area contributed by atoms with Gasteiger partial charge in [-0.2, -0.15) is 4.31 Å². The lowest BCUT2D eigenvalue weighted by Gasteiger charge is -2.32. The second-order valence-corrected chi connectivity index (χ2v) is 11.2. The molecule has 1 fully saturated rings. The van der Waals surface area contributed by atoms with Crippen LogP contribution in [-0.2, 0) is 23.6 Å². The zero-order chi connectivity index (χ0) is 25.6. The highest BCUT2D eigenvalue weighted by Crippen LogP contribution is 2.35. The zero-order valence-corrected chi connectivity index (χ0v) is 21.1. The van der Waals surface area contributed by atoms with Gasteiger partial charge in [-0.3, -0.25) is 9.36 Å². The molecule has 2 aliphatic rings. The molecular formula is C25H26N6O5S. The molecule has 11 nitrogen and oxygen atoms in total. The molecule has 0 spiro atoms. The summed E-state index contributed by atoms with van der Waals surface area (Å²) in [7, 11) is -2.14. The van der Waals surface area contributed by atoms with Gasteiger partial charge in [0.25, 0.3) is 5.56 Å². The number of ether oxygens (including phenoxy) is 2. The van der Waals surface area contributed by atoms with Gasteiger partial charge in [0, 0.05) is 32.1 Å². The molecule has 1 atom stereocenters. The molecule has 0 saturated carbocycles. The number of sulfonamides is 1. The van der Waals surface area contributed by atoms with Crippen LogP contribution in [0.1, 0.15) is 30.1 Å². The number of rotatable bonds is 5. The fourth-order valence-corrected chi connectivity index (χ4v) is 6.48. The number of aromatic nitrogens is 5. The van der Waals surface area contributed by atoms with Crippen LogP contribution in [0.2, 0.25) is 0 Å². The molecule has 2 aromatic carbocycles. The summed E-state index contributed by atoms with van der Waals surface area (Å²) in [4.78, 5) is 18.1. The molecule has 2 aliphatic heterocycles. The van der Waals surface area contributed by atoms with Crippen molar-refractivity contribution < 1.29 is 17.9 Å². The standard InChI is InChI=1S/C25H26N6O5S/c1-29-23(26-24-22(25(29)32)27-28-31(24)15-17-6-3-2-4-7-17)18-8-5-11-30(16-18)37(33,34)19-9-10-20-21(14-19)36-13-12-35-20/h2-4,6-7,9-10,14,18H,5,8,11-13,15-16H2,1H3. The largest absolute Gasteiger partial charge is 0.486 e. The SMILES string of the molecule is Cn1c(C2CCCN(S(=O)(=O)c3ccc4c(c3)OCCO4)C2)nc2c(nnn2Cc2ccccc2)c1=O. The molecule has 12 heteroatoms. The van der Waals surface area contributed by atoms with Crippen LogP contribution in [0, 0.1) is 0 Å². The van der Waals surface area contributed by atoms with E-state index in [0.29, 0.717) is 62.1 Å². The Kier molecular flexibility index (Phi) is 5.92. The Morgan fingerprint density at radius 2 is 1.84 bits per heavy atom. The summed E-state index contributed by atoms with van der Waals surface area (Å²) >= 11 is 0. The topological polar surface area (TPSA) is 121 Å². The molecule has 1 unspecified atom stereocenters. The van der Waals surface area contributed by atoms with Crippen molar-refractivity contribution in [3.63, 3.8) is 0 Å². The van der Waals surface area contributed by atoms with Gasteiger partial charge in [0.1, 0.15) is 19.0 Å². The van der Waals surface area contributed by atoms with Gasteiger partial charge in [-0.1, -0.05) is 35.5 Å². The Morgan fingerprint density at radius 1 is 1.05 bits per heavy atom. The quantitative estimate of drug-likeness (QED) is 0.390. The molecule has 2 aromatic heterocycles. The summed E-state index contributed by atoms with van der Waals surface area (Å²) in [5.41, 5.74) is 1.30. The van der Waals surface area contributed by atoms with E-state index in [4.69, 9.17) is 14.5 Å². The van der Waals surface area contributed by atoms with E-state index in [-0.39, 0.29) is 28.4 Å². The Bertz CT molecular complexity index is 1630. The summed E-state index contributed by atoms with van der Waals surface area (Å²) in [6, 6.07) is 14.4. The molecule has 4 heterocycles. The molecule has 0 bridgehead atoms. The maximum Gasteiger partial charge on any atom is 0.283 e. The van der Waals surface area contributed by atoms with Gasteiger partial charge < -0.3 is 9.47 Å². The van der Waals surface area contributed by atoms with Crippen LogP contribution >= 0.6 is 0 Å². The van der Waals surface area contributed by atoms with E-state index in [1.165, 1.54) is 14.9 Å². The summed E-state index contributed by atoms with van der Waals surface area (Å²) in [6.45, 7) is 1.83. The first-order valence-corrected chi connectivity index (χ1v) is 13.6. The first-order valence-electron chi connectivity index (χ1n) is 12.2. The molecule has 1 saturated heterocycles. The normalized spacial score (nSPS) is 18.2. The average molecular weight is 523 g/mol. The third-order valence-electron chi connectivity index (χ3n) is 6.86. The minimum Gasteiger partial charge on any atom is -0.486 e. The van der Waals surface area contributed by atoms with Crippen molar-refractivity contribution in [3.05, 3.63) is 70.3 Å². The van der Waals surface area contributed by atoms with Crippen LogP contribution in [-0.4, -0.2) is 63.6 Å². The summed E-state index contributed by atoms with van der Waals surface area (Å²) in [5.74, 6) is 1.23. The lowest BCUT2D eigenvalue weighted by Crippen LogP contribution is -2.40. The molecule has 0 radical (unpaired) electrons. The fourth-order valence-electron chi connectivity index (χ4n) is 4.94. The fraction of sp³-hybridized carbons (Fsp3) is 0.360. The number of hydrogen-bond acceptors (Lipinski definition) is 8. The van der Waals surface area contributed by atoms with E-state index >= 15 is 0 Å². The Hall–Kier alpha value is -3.77. The summed E-state index contributed by atoms with van der Waals surface area (Å²) in [5, 5.41) is 8.25. The van der Waals surface area contributed by atoms with Gasteiger partial charge in [-0.05, 0) is 30.5 Å². The monoisotopic (exact) mass is 522 g/mol. The van der Waals surface area contributed by atoms with Gasteiger partial charge in [0.05, 0.1) is 11.4 Å². The van der Waals surface area contributed by atoms with E-state index in [9.17, 15) is 13.2 Å². The van der Waals surface area contributed by atoms with Crippen LogP contribution in [0.3, 0.4) is 0 Å². The first kappa shape index (κ1) is 23.6. The van der Waals surface area contributed by atoms with Gasteiger partial charge in [0.15, 0.2) is 22.7 Å². The van der Waals surface area contributed by atoms with Crippen molar-refractivity contribution in [2.75, 3.05) is 26.3 Å². The predicted octanol–water partition coefficient (Wildman–Crippen LogP) is 1.91. The van der Waals surface area contributed by atoms with Gasteiger partial charge >= 0.3 is 0 Å². The first-order chi connectivity index (χ1) is 17.9. The Morgan fingerprint density at radius 3 is 2.65 bits per heavy atom. The molecule has 0 amide bonds. The maximum absolute atomic E-state index is 13.5. The molecule has 192 valence electrons. The highest BCUT2D eigenvalue weighted by Gasteiger charge is 2.34. The number of fused-ring (bicyclic) bond motifs is 2.